The van der Waals surface area contributed by atoms with E-state index in [2.05, 4.69) is 4.98 Å². The Hall–Kier alpha value is -2.70. The lowest BCUT2D eigenvalue weighted by Gasteiger charge is -2.43. The summed E-state index contributed by atoms with van der Waals surface area (Å²) in [6.07, 6.45) is 5.41. The molecule has 1 aromatic carbocycles. The van der Waals surface area contributed by atoms with Crippen molar-refractivity contribution in [1.82, 2.24) is 14.5 Å². The average Bonchev–Trinajstić information content (AvgIpc) is 3.07. The monoisotopic (exact) mass is 345 g/mol. The Bertz CT molecular complexity index is 763. The van der Waals surface area contributed by atoms with E-state index in [1.54, 1.807) is 36.9 Å². The lowest BCUT2D eigenvalue weighted by molar-refractivity contribution is -0.154. The van der Waals surface area contributed by atoms with Gasteiger partial charge in [-0.15, -0.1) is 0 Å². The minimum atomic E-state index is -1.01. The number of aromatic nitrogens is 2. The Kier molecular flexibility index (Phi) is 4.83. The van der Waals surface area contributed by atoms with Gasteiger partial charge in [0.25, 0.3) is 0 Å². The molecule has 0 saturated carbocycles. The van der Waals surface area contributed by atoms with Crippen LogP contribution in [0.25, 0.3) is 0 Å². The molecule has 7 heteroatoms. The summed E-state index contributed by atoms with van der Waals surface area (Å²) in [6, 6.07) is 4.96. The molecule has 0 spiro atoms. The molecule has 3 atom stereocenters. The second kappa shape index (κ2) is 7.04. The fourth-order valence-corrected chi connectivity index (χ4v) is 3.56. The summed E-state index contributed by atoms with van der Waals surface area (Å²) in [7, 11) is 0. The van der Waals surface area contributed by atoms with Gasteiger partial charge in [-0.3, -0.25) is 9.59 Å². The van der Waals surface area contributed by atoms with E-state index in [1.807, 2.05) is 11.5 Å². The van der Waals surface area contributed by atoms with Crippen molar-refractivity contribution in [2.24, 2.45) is 5.92 Å². The smallest absolute Gasteiger partial charge is 0.308 e. The van der Waals surface area contributed by atoms with Crippen LogP contribution >= 0.6 is 0 Å². The van der Waals surface area contributed by atoms with Gasteiger partial charge in [0, 0.05) is 37.0 Å². The fraction of sp³-hybridized carbons (Fsp3) is 0.389. The number of carboxylic acids is 1. The molecule has 0 bridgehead atoms. The first kappa shape index (κ1) is 17.1. The lowest BCUT2D eigenvalue weighted by Crippen LogP contribution is -2.50. The fourth-order valence-electron chi connectivity index (χ4n) is 3.56. The molecule has 0 radical (unpaired) electrons. The summed E-state index contributed by atoms with van der Waals surface area (Å²) in [5.41, 5.74) is 0.250. The van der Waals surface area contributed by atoms with Crippen LogP contribution in [0.1, 0.15) is 31.4 Å². The summed E-state index contributed by atoms with van der Waals surface area (Å²) in [6.45, 7) is 2.30. The van der Waals surface area contributed by atoms with Crippen molar-refractivity contribution in [3.63, 3.8) is 0 Å². The minimum Gasteiger partial charge on any atom is -0.481 e. The predicted molar refractivity (Wildman–Crippen MR) is 88.0 cm³/mol. The molecule has 2 heterocycles. The van der Waals surface area contributed by atoms with Crippen LogP contribution in [0.3, 0.4) is 0 Å². The molecule has 1 aliphatic rings. The zero-order chi connectivity index (χ0) is 18.0. The highest BCUT2D eigenvalue weighted by Gasteiger charge is 2.43. The van der Waals surface area contributed by atoms with Gasteiger partial charge in [0.15, 0.2) is 0 Å². The number of amides is 1. The quantitative estimate of drug-likeness (QED) is 0.903. The van der Waals surface area contributed by atoms with Gasteiger partial charge in [-0.25, -0.2) is 9.37 Å². The van der Waals surface area contributed by atoms with Gasteiger partial charge in [-0.2, -0.15) is 0 Å². The molecule has 1 N–H and O–H groups in total. The van der Waals surface area contributed by atoms with E-state index in [0.29, 0.717) is 6.54 Å². The van der Waals surface area contributed by atoms with Gasteiger partial charge in [0.05, 0.1) is 18.3 Å². The van der Waals surface area contributed by atoms with Gasteiger partial charge in [-0.1, -0.05) is 18.2 Å². The molecule has 25 heavy (non-hydrogen) atoms. The number of hydrogen-bond acceptors (Lipinski definition) is 3. The van der Waals surface area contributed by atoms with Crippen molar-refractivity contribution in [2.75, 3.05) is 0 Å². The van der Waals surface area contributed by atoms with Gasteiger partial charge in [0.1, 0.15) is 5.82 Å². The first-order chi connectivity index (χ1) is 12.0. The number of nitrogens with zero attached hydrogens (tertiary/aromatic N) is 3. The SMILES string of the molecule is C[C@H](Cn1ccnc1)N1C(=O)CC[C@H](C(=O)O)[C@H]1c1ccccc1F. The Labute approximate surface area is 144 Å². The Morgan fingerprint density at radius 2 is 2.20 bits per heavy atom. The number of benzene rings is 1. The maximum Gasteiger partial charge on any atom is 0.308 e. The zero-order valence-corrected chi connectivity index (χ0v) is 13.9. The van der Waals surface area contributed by atoms with Gasteiger partial charge < -0.3 is 14.6 Å². The highest BCUT2D eigenvalue weighted by molar-refractivity contribution is 5.82. The highest BCUT2D eigenvalue weighted by atomic mass is 19.1. The number of aliphatic carboxylic acids is 1. The summed E-state index contributed by atoms with van der Waals surface area (Å²) in [4.78, 5) is 29.9. The number of carboxylic acid groups (broad SMARTS) is 1. The van der Waals surface area contributed by atoms with Crippen molar-refractivity contribution in [3.05, 3.63) is 54.4 Å². The number of rotatable bonds is 5. The molecule has 2 aromatic rings. The Morgan fingerprint density at radius 3 is 2.84 bits per heavy atom. The van der Waals surface area contributed by atoms with Crippen molar-refractivity contribution in [3.8, 4) is 0 Å². The molecule has 0 unspecified atom stereocenters. The Morgan fingerprint density at radius 1 is 1.44 bits per heavy atom. The van der Waals surface area contributed by atoms with E-state index in [9.17, 15) is 19.1 Å². The summed E-state index contributed by atoms with van der Waals surface area (Å²) < 4.78 is 16.2. The molecular formula is C18H20FN3O3. The third-order valence-corrected chi connectivity index (χ3v) is 4.69. The number of imidazole rings is 1. The maximum absolute atomic E-state index is 14.4. The Balaban J connectivity index is 1.99. The van der Waals surface area contributed by atoms with Crippen LogP contribution in [0.5, 0.6) is 0 Å². The molecule has 1 saturated heterocycles. The standard InChI is InChI=1S/C18H20FN3O3/c1-12(10-21-9-8-20-11-21)22-16(23)7-6-14(18(24)25)17(22)13-4-2-3-5-15(13)19/h2-5,8-9,11-12,14,17H,6-7,10H2,1H3,(H,24,25)/t12-,14+,17-/m1/s1. The van der Waals surface area contributed by atoms with Crippen LogP contribution < -0.4 is 0 Å². The summed E-state index contributed by atoms with van der Waals surface area (Å²) >= 11 is 0. The van der Waals surface area contributed by atoms with Gasteiger partial charge >= 0.3 is 5.97 Å². The zero-order valence-electron chi connectivity index (χ0n) is 13.9. The van der Waals surface area contributed by atoms with Crippen molar-refractivity contribution < 1.29 is 19.1 Å². The van der Waals surface area contributed by atoms with Crippen LogP contribution in [0, 0.1) is 11.7 Å². The molecule has 1 amide bonds. The van der Waals surface area contributed by atoms with Crippen LogP contribution in [0.4, 0.5) is 4.39 Å². The lowest BCUT2D eigenvalue weighted by atomic mass is 9.83. The van der Waals surface area contributed by atoms with Crippen LogP contribution in [-0.2, 0) is 16.1 Å². The number of carbonyl (C=O) groups excluding carboxylic acids is 1. The van der Waals surface area contributed by atoms with E-state index < -0.39 is 23.7 Å². The van der Waals surface area contributed by atoms with E-state index >= 15 is 0 Å². The molecule has 1 fully saturated rings. The first-order valence-electron chi connectivity index (χ1n) is 8.23. The number of halogens is 1. The molecule has 0 aliphatic carbocycles. The molecule has 1 aromatic heterocycles. The topological polar surface area (TPSA) is 75.4 Å². The van der Waals surface area contributed by atoms with E-state index in [0.717, 1.165) is 0 Å². The molecular weight excluding hydrogens is 325 g/mol. The van der Waals surface area contributed by atoms with E-state index in [1.165, 1.54) is 11.0 Å². The maximum atomic E-state index is 14.4. The molecule has 6 nitrogen and oxygen atoms in total. The largest absolute Gasteiger partial charge is 0.481 e. The van der Waals surface area contributed by atoms with Crippen molar-refractivity contribution >= 4 is 11.9 Å². The van der Waals surface area contributed by atoms with Crippen LogP contribution in [0.2, 0.25) is 0 Å². The minimum absolute atomic E-state index is 0.149. The average molecular weight is 345 g/mol. The van der Waals surface area contributed by atoms with Gasteiger partial charge in [-0.05, 0) is 19.4 Å². The van der Waals surface area contributed by atoms with Crippen molar-refractivity contribution in [1.29, 1.82) is 0 Å². The number of carbonyl (C=O) groups is 2. The van der Waals surface area contributed by atoms with E-state index in [4.69, 9.17) is 0 Å². The second-order valence-electron chi connectivity index (χ2n) is 6.36. The van der Waals surface area contributed by atoms with Crippen LogP contribution in [0.15, 0.2) is 43.0 Å². The van der Waals surface area contributed by atoms with Crippen molar-refractivity contribution in [2.45, 2.75) is 38.4 Å². The first-order valence-corrected chi connectivity index (χ1v) is 8.23. The van der Waals surface area contributed by atoms with E-state index in [-0.39, 0.29) is 30.4 Å². The highest BCUT2D eigenvalue weighted by Crippen LogP contribution is 2.39. The summed E-state index contributed by atoms with van der Waals surface area (Å²) in [5.74, 6) is -2.49. The number of hydrogen-bond donors (Lipinski definition) is 1. The summed E-state index contributed by atoms with van der Waals surface area (Å²) in [5, 5.41) is 9.63. The predicted octanol–water partition coefficient (Wildman–Crippen LogP) is 2.48. The third kappa shape index (κ3) is 3.40. The molecule has 132 valence electrons. The normalized spacial score (nSPS) is 22.0. The van der Waals surface area contributed by atoms with Gasteiger partial charge in [0.2, 0.25) is 5.91 Å². The second-order valence-corrected chi connectivity index (χ2v) is 6.36. The number of likely N-dealkylation sites (tertiary alicyclic amines) is 1. The molecule has 1 aliphatic heterocycles. The molecule has 3 rings (SSSR count). The third-order valence-electron chi connectivity index (χ3n) is 4.69. The van der Waals surface area contributed by atoms with Crippen LogP contribution in [-0.4, -0.2) is 37.5 Å². The number of piperidine rings is 1.